The third kappa shape index (κ3) is 6.12. The monoisotopic (exact) mass is 623 g/mol. The van der Waals surface area contributed by atoms with Crippen molar-refractivity contribution in [3.8, 4) is 17.1 Å². The number of ether oxygens (including phenoxy) is 1. The van der Waals surface area contributed by atoms with E-state index >= 15 is 4.39 Å². The molecule has 2 aliphatic rings. The van der Waals surface area contributed by atoms with Gasteiger partial charge in [0.15, 0.2) is 5.82 Å². The number of hydrogen-bond donors (Lipinski definition) is 2. The summed E-state index contributed by atoms with van der Waals surface area (Å²) in [5, 5.41) is 7.05. The quantitative estimate of drug-likeness (QED) is 0.318. The van der Waals surface area contributed by atoms with Crippen LogP contribution in [0.4, 0.5) is 19.0 Å². The van der Waals surface area contributed by atoms with Gasteiger partial charge >= 0.3 is 0 Å². The number of carbonyl (C=O) groups is 2. The van der Waals surface area contributed by atoms with E-state index in [-0.39, 0.29) is 62.2 Å². The van der Waals surface area contributed by atoms with Gasteiger partial charge in [-0.15, -0.1) is 0 Å². The van der Waals surface area contributed by atoms with Gasteiger partial charge in [-0.05, 0) is 36.8 Å². The molecule has 2 atom stereocenters. The molecule has 3 N–H and O–H groups in total. The van der Waals surface area contributed by atoms with Crippen molar-refractivity contribution in [3.05, 3.63) is 65.4 Å². The van der Waals surface area contributed by atoms with Crippen LogP contribution >= 0.6 is 0 Å². The van der Waals surface area contributed by atoms with E-state index in [9.17, 15) is 18.4 Å². The number of nitrogens with two attached hydrogens (primary N) is 1. The summed E-state index contributed by atoms with van der Waals surface area (Å²) in [4.78, 5) is 42.3. The van der Waals surface area contributed by atoms with Gasteiger partial charge in [0.1, 0.15) is 23.6 Å². The number of alkyl halides is 3. The van der Waals surface area contributed by atoms with Gasteiger partial charge in [0.2, 0.25) is 5.88 Å². The predicted octanol–water partition coefficient (Wildman–Crippen LogP) is 2.91. The Morgan fingerprint density at radius 1 is 1.13 bits per heavy atom. The lowest BCUT2D eigenvalue weighted by Crippen LogP contribution is -2.42. The molecule has 6 heterocycles. The fourth-order valence-electron chi connectivity index (χ4n) is 5.84. The average molecular weight is 624 g/mol. The molecule has 0 spiro atoms. The van der Waals surface area contributed by atoms with Gasteiger partial charge in [-0.2, -0.15) is 5.10 Å². The Kier molecular flexibility index (Phi) is 8.03. The molecule has 45 heavy (non-hydrogen) atoms. The largest absolute Gasteiger partial charge is 0.480 e. The summed E-state index contributed by atoms with van der Waals surface area (Å²) >= 11 is 0. The smallest absolute Gasteiger partial charge is 0.257 e. The number of fused-ring (bicyclic) bond motifs is 1. The average Bonchev–Trinajstić information content (AvgIpc) is 3.58. The fraction of sp³-hybridized carbons (Fsp3) is 0.400. The van der Waals surface area contributed by atoms with Gasteiger partial charge in [0, 0.05) is 68.2 Å². The molecular formula is C30H32F3N9O3. The molecule has 2 amide bonds. The Balaban J connectivity index is 1.25. The van der Waals surface area contributed by atoms with Crippen molar-refractivity contribution in [2.75, 3.05) is 39.0 Å². The molecule has 0 aliphatic carbocycles. The Hall–Kier alpha value is -4.79. The number of halogens is 3. The van der Waals surface area contributed by atoms with Gasteiger partial charge in [-0.25, -0.2) is 27.7 Å². The number of nitrogens with one attached hydrogen (secondary N) is 1. The molecule has 2 fully saturated rings. The zero-order chi connectivity index (χ0) is 31.9. The lowest BCUT2D eigenvalue weighted by atomic mass is 10.1. The summed E-state index contributed by atoms with van der Waals surface area (Å²) < 4.78 is 49.5. The third-order valence-electron chi connectivity index (χ3n) is 8.22. The van der Waals surface area contributed by atoms with Gasteiger partial charge < -0.3 is 20.7 Å². The Morgan fingerprint density at radius 2 is 1.91 bits per heavy atom. The maximum Gasteiger partial charge on any atom is 0.257 e. The SMILES string of the molecule is COc1ncc(-c2cc(CN3CCC(F)(F)CC3)c3c(N)ncnn23)cc1C(=O)N[C@@H]1CN(C(=O)c2ccnc(C)c2)C[C@@H]1F. The number of amides is 2. The second kappa shape index (κ2) is 12.0. The number of nitrogens with zero attached hydrogens (tertiary/aromatic N) is 7. The second-order valence-corrected chi connectivity index (χ2v) is 11.4. The maximum atomic E-state index is 15.1. The highest BCUT2D eigenvalue weighted by Crippen LogP contribution is 2.33. The van der Waals surface area contributed by atoms with E-state index in [1.54, 1.807) is 29.6 Å². The normalized spacial score (nSPS) is 20.0. The number of aryl methyl sites for hydroxylation is 1. The van der Waals surface area contributed by atoms with Crippen LogP contribution < -0.4 is 15.8 Å². The number of aromatic nitrogens is 5. The molecule has 4 aromatic heterocycles. The number of likely N-dealkylation sites (tertiary alicyclic amines) is 2. The van der Waals surface area contributed by atoms with Crippen LogP contribution in [0.1, 0.15) is 44.8 Å². The van der Waals surface area contributed by atoms with Crippen LogP contribution in [0, 0.1) is 6.92 Å². The van der Waals surface area contributed by atoms with Crippen LogP contribution in [0.5, 0.6) is 5.88 Å². The number of methoxy groups -OCH3 is 1. The highest BCUT2D eigenvalue weighted by atomic mass is 19.3. The van der Waals surface area contributed by atoms with Crippen molar-refractivity contribution < 1.29 is 27.5 Å². The molecule has 0 bridgehead atoms. The minimum atomic E-state index is -2.68. The van der Waals surface area contributed by atoms with E-state index in [4.69, 9.17) is 10.5 Å². The van der Waals surface area contributed by atoms with E-state index in [2.05, 4.69) is 25.4 Å². The molecule has 2 aliphatic heterocycles. The minimum absolute atomic E-state index is 0.0200. The second-order valence-electron chi connectivity index (χ2n) is 11.4. The van der Waals surface area contributed by atoms with E-state index < -0.39 is 24.0 Å². The first kappa shape index (κ1) is 30.2. The first-order valence-corrected chi connectivity index (χ1v) is 14.5. The van der Waals surface area contributed by atoms with Crippen molar-refractivity contribution in [1.29, 1.82) is 0 Å². The summed E-state index contributed by atoms with van der Waals surface area (Å²) in [6.07, 6.45) is 2.37. The predicted molar refractivity (Wildman–Crippen MR) is 158 cm³/mol. The first-order chi connectivity index (χ1) is 21.5. The third-order valence-corrected chi connectivity index (χ3v) is 8.22. The Bertz CT molecular complexity index is 1760. The number of piperidine rings is 1. The molecule has 6 rings (SSSR count). The number of rotatable bonds is 7. The summed E-state index contributed by atoms with van der Waals surface area (Å²) in [7, 11) is 1.37. The van der Waals surface area contributed by atoms with Crippen molar-refractivity contribution in [2.45, 2.75) is 44.4 Å². The Labute approximate surface area is 256 Å². The lowest BCUT2D eigenvalue weighted by Gasteiger charge is -2.31. The van der Waals surface area contributed by atoms with E-state index in [1.165, 1.54) is 30.7 Å². The van der Waals surface area contributed by atoms with Crippen molar-refractivity contribution >= 4 is 23.1 Å². The van der Waals surface area contributed by atoms with Crippen molar-refractivity contribution in [3.63, 3.8) is 0 Å². The molecule has 236 valence electrons. The molecule has 12 nitrogen and oxygen atoms in total. The molecule has 0 aromatic carbocycles. The fourth-order valence-corrected chi connectivity index (χ4v) is 5.84. The number of pyridine rings is 2. The van der Waals surface area contributed by atoms with Gasteiger partial charge in [-0.3, -0.25) is 19.5 Å². The number of carbonyl (C=O) groups excluding carboxylic acids is 2. The van der Waals surface area contributed by atoms with Crippen LogP contribution in [0.2, 0.25) is 0 Å². The van der Waals surface area contributed by atoms with Crippen LogP contribution in [-0.2, 0) is 6.54 Å². The topological polar surface area (TPSA) is 144 Å². The van der Waals surface area contributed by atoms with Gasteiger partial charge in [-0.1, -0.05) is 0 Å². The molecule has 0 unspecified atom stereocenters. The molecular weight excluding hydrogens is 591 g/mol. The van der Waals surface area contributed by atoms with Crippen LogP contribution in [0.25, 0.3) is 16.8 Å². The van der Waals surface area contributed by atoms with E-state index in [1.807, 2.05) is 11.0 Å². The van der Waals surface area contributed by atoms with Crippen molar-refractivity contribution in [2.24, 2.45) is 0 Å². The van der Waals surface area contributed by atoms with Crippen molar-refractivity contribution in [1.82, 2.24) is 39.7 Å². The first-order valence-electron chi connectivity index (χ1n) is 14.5. The summed E-state index contributed by atoms with van der Waals surface area (Å²) in [6.45, 7) is 2.37. The van der Waals surface area contributed by atoms with Crippen LogP contribution in [-0.4, -0.2) is 97.6 Å². The van der Waals surface area contributed by atoms with Crippen LogP contribution in [0.3, 0.4) is 0 Å². The van der Waals surface area contributed by atoms with Crippen LogP contribution in [0.15, 0.2) is 43.0 Å². The standard InChI is InChI=1S/C30H32F3N9O3/c1-17-9-18(3-6-35-17)29(44)41-14-22(31)23(15-41)39-27(43)21-10-19(12-36-28(21)45-2)24-11-20(25-26(34)37-16-38-42(24)25)13-40-7-4-30(32,33)5-8-40/h3,6,9-12,16,22-23H,4-5,7-8,13-15H2,1-2H3,(H,39,43)(H2,34,37,38)/t22-,23+/m0/s1. The number of anilines is 1. The summed E-state index contributed by atoms with van der Waals surface area (Å²) in [6, 6.07) is 5.61. The zero-order valence-electron chi connectivity index (χ0n) is 24.7. The maximum absolute atomic E-state index is 15.1. The molecule has 0 radical (unpaired) electrons. The highest BCUT2D eigenvalue weighted by Gasteiger charge is 2.38. The zero-order valence-corrected chi connectivity index (χ0v) is 24.7. The minimum Gasteiger partial charge on any atom is -0.480 e. The molecule has 0 saturated carbocycles. The highest BCUT2D eigenvalue weighted by molar-refractivity contribution is 5.98. The summed E-state index contributed by atoms with van der Waals surface area (Å²) in [5.41, 5.74) is 9.60. The summed E-state index contributed by atoms with van der Waals surface area (Å²) in [5.74, 6) is -3.42. The molecule has 15 heteroatoms. The number of hydrogen-bond acceptors (Lipinski definition) is 9. The lowest BCUT2D eigenvalue weighted by molar-refractivity contribution is -0.0565. The molecule has 4 aromatic rings. The Morgan fingerprint density at radius 3 is 2.64 bits per heavy atom. The van der Waals surface area contributed by atoms with Gasteiger partial charge in [0.05, 0.1) is 25.4 Å². The van der Waals surface area contributed by atoms with Gasteiger partial charge in [0.25, 0.3) is 17.7 Å². The molecule has 2 saturated heterocycles. The number of nitrogen functional groups attached to an aromatic ring is 1. The van der Waals surface area contributed by atoms with E-state index in [0.717, 1.165) is 5.56 Å². The van der Waals surface area contributed by atoms with E-state index in [0.29, 0.717) is 34.6 Å².